The van der Waals surface area contributed by atoms with E-state index in [0.717, 1.165) is 12.8 Å². The standard InChI is InChI=1S/C14H18Cl2N2O2.ClH/c1-9(14(19)18-6-4-10(17)5-7-18)20-11-2-3-12(15)13(16)8-11;/h2-3,8-10H,4-7,17H2,1H3;1H. The van der Waals surface area contributed by atoms with Gasteiger partial charge in [0.15, 0.2) is 6.10 Å². The first-order valence-electron chi connectivity index (χ1n) is 6.63. The summed E-state index contributed by atoms with van der Waals surface area (Å²) in [5, 5.41) is 0.871. The highest BCUT2D eigenvalue weighted by Crippen LogP contribution is 2.27. The Hall–Kier alpha value is -0.680. The molecule has 21 heavy (non-hydrogen) atoms. The molecule has 0 saturated carbocycles. The van der Waals surface area contributed by atoms with Gasteiger partial charge >= 0.3 is 0 Å². The summed E-state index contributed by atoms with van der Waals surface area (Å²) in [6, 6.07) is 5.16. The minimum absolute atomic E-state index is 0. The van der Waals surface area contributed by atoms with Crippen molar-refractivity contribution >= 4 is 41.5 Å². The molecule has 1 unspecified atom stereocenters. The van der Waals surface area contributed by atoms with E-state index >= 15 is 0 Å². The quantitative estimate of drug-likeness (QED) is 0.908. The number of nitrogens with zero attached hydrogens (tertiary/aromatic N) is 1. The Morgan fingerprint density at radius 1 is 1.33 bits per heavy atom. The Morgan fingerprint density at radius 3 is 2.52 bits per heavy atom. The van der Waals surface area contributed by atoms with E-state index in [1.54, 1.807) is 30.0 Å². The summed E-state index contributed by atoms with van der Waals surface area (Å²) in [6.07, 6.45) is 1.12. The lowest BCUT2D eigenvalue weighted by Gasteiger charge is -2.32. The van der Waals surface area contributed by atoms with E-state index in [1.807, 2.05) is 0 Å². The van der Waals surface area contributed by atoms with Crippen molar-refractivity contribution < 1.29 is 9.53 Å². The van der Waals surface area contributed by atoms with E-state index < -0.39 is 6.10 Å². The molecular formula is C14H19Cl3N2O2. The minimum Gasteiger partial charge on any atom is -0.481 e. The van der Waals surface area contributed by atoms with Crippen molar-refractivity contribution in [3.63, 3.8) is 0 Å². The van der Waals surface area contributed by atoms with Crippen LogP contribution in [0.15, 0.2) is 18.2 Å². The van der Waals surface area contributed by atoms with Crippen LogP contribution in [0, 0.1) is 0 Å². The van der Waals surface area contributed by atoms with Crippen LogP contribution < -0.4 is 10.5 Å². The highest BCUT2D eigenvalue weighted by Gasteiger charge is 2.25. The zero-order valence-electron chi connectivity index (χ0n) is 11.7. The van der Waals surface area contributed by atoms with Crippen molar-refractivity contribution in [3.8, 4) is 5.75 Å². The molecule has 1 heterocycles. The van der Waals surface area contributed by atoms with E-state index in [4.69, 9.17) is 33.7 Å². The predicted molar refractivity (Wildman–Crippen MR) is 87.6 cm³/mol. The second-order valence-corrected chi connectivity index (χ2v) is 5.81. The van der Waals surface area contributed by atoms with Crippen LogP contribution in [-0.4, -0.2) is 36.0 Å². The zero-order chi connectivity index (χ0) is 14.7. The number of amides is 1. The Labute approximate surface area is 140 Å². The molecule has 0 radical (unpaired) electrons. The topological polar surface area (TPSA) is 55.6 Å². The van der Waals surface area contributed by atoms with Crippen molar-refractivity contribution in [1.82, 2.24) is 4.90 Å². The largest absolute Gasteiger partial charge is 0.481 e. The van der Waals surface area contributed by atoms with E-state index in [1.165, 1.54) is 0 Å². The molecule has 1 atom stereocenters. The first kappa shape index (κ1) is 18.4. The first-order chi connectivity index (χ1) is 9.47. The number of likely N-dealkylation sites (tertiary alicyclic amines) is 1. The molecule has 4 nitrogen and oxygen atoms in total. The molecule has 2 N–H and O–H groups in total. The summed E-state index contributed by atoms with van der Waals surface area (Å²) >= 11 is 11.8. The summed E-state index contributed by atoms with van der Waals surface area (Å²) < 4.78 is 5.63. The number of carbonyl (C=O) groups is 1. The third kappa shape index (κ3) is 4.92. The van der Waals surface area contributed by atoms with E-state index in [9.17, 15) is 4.79 Å². The van der Waals surface area contributed by atoms with Crippen molar-refractivity contribution in [2.24, 2.45) is 5.73 Å². The molecule has 0 aliphatic carbocycles. The van der Waals surface area contributed by atoms with Gasteiger partial charge in [0, 0.05) is 25.2 Å². The summed E-state index contributed by atoms with van der Waals surface area (Å²) in [5.74, 6) is 0.511. The van der Waals surface area contributed by atoms with Crippen LogP contribution in [0.3, 0.4) is 0 Å². The predicted octanol–water partition coefficient (Wildman–Crippen LogP) is 3.13. The van der Waals surface area contributed by atoms with Gasteiger partial charge < -0.3 is 15.4 Å². The van der Waals surface area contributed by atoms with E-state index in [-0.39, 0.29) is 24.4 Å². The molecule has 1 saturated heterocycles. The maximum Gasteiger partial charge on any atom is 0.263 e. The van der Waals surface area contributed by atoms with Crippen LogP contribution in [0.2, 0.25) is 10.0 Å². The van der Waals surface area contributed by atoms with Gasteiger partial charge in [-0.2, -0.15) is 0 Å². The van der Waals surface area contributed by atoms with Crippen molar-refractivity contribution in [2.45, 2.75) is 31.9 Å². The molecule has 0 bridgehead atoms. The van der Waals surface area contributed by atoms with Crippen LogP contribution in [0.5, 0.6) is 5.75 Å². The van der Waals surface area contributed by atoms with Crippen molar-refractivity contribution in [3.05, 3.63) is 28.2 Å². The molecule has 1 fully saturated rings. The zero-order valence-corrected chi connectivity index (χ0v) is 14.0. The second kappa shape index (κ2) is 8.08. The molecule has 2 rings (SSSR count). The molecular weight excluding hydrogens is 335 g/mol. The van der Waals surface area contributed by atoms with Gasteiger partial charge in [-0.3, -0.25) is 4.79 Å². The molecule has 118 valence electrons. The van der Waals surface area contributed by atoms with Gasteiger partial charge in [0.25, 0.3) is 5.91 Å². The van der Waals surface area contributed by atoms with Gasteiger partial charge in [0.1, 0.15) is 5.75 Å². The molecule has 1 aliphatic rings. The maximum atomic E-state index is 12.3. The van der Waals surface area contributed by atoms with Crippen LogP contribution in [0.1, 0.15) is 19.8 Å². The van der Waals surface area contributed by atoms with Crippen LogP contribution >= 0.6 is 35.6 Å². The summed E-state index contributed by atoms with van der Waals surface area (Å²) in [4.78, 5) is 14.1. The summed E-state index contributed by atoms with van der Waals surface area (Å²) in [6.45, 7) is 3.11. The third-order valence-corrected chi connectivity index (χ3v) is 4.14. The molecule has 1 aromatic rings. The van der Waals surface area contributed by atoms with Crippen molar-refractivity contribution in [2.75, 3.05) is 13.1 Å². The van der Waals surface area contributed by atoms with E-state index in [2.05, 4.69) is 0 Å². The van der Waals surface area contributed by atoms with Gasteiger partial charge in [0.05, 0.1) is 10.0 Å². The van der Waals surface area contributed by atoms with Gasteiger partial charge in [-0.05, 0) is 31.9 Å². The average molecular weight is 354 g/mol. The summed E-state index contributed by atoms with van der Waals surface area (Å²) in [7, 11) is 0. The van der Waals surface area contributed by atoms with E-state index in [0.29, 0.717) is 28.9 Å². The fraction of sp³-hybridized carbons (Fsp3) is 0.500. The van der Waals surface area contributed by atoms with Gasteiger partial charge in [-0.1, -0.05) is 23.2 Å². The number of nitrogens with two attached hydrogens (primary N) is 1. The second-order valence-electron chi connectivity index (χ2n) is 5.00. The van der Waals surface area contributed by atoms with Gasteiger partial charge in [0.2, 0.25) is 0 Å². The third-order valence-electron chi connectivity index (χ3n) is 3.40. The molecule has 0 spiro atoms. The summed E-state index contributed by atoms with van der Waals surface area (Å²) in [5.41, 5.74) is 5.83. The number of hydrogen-bond acceptors (Lipinski definition) is 3. The van der Waals surface area contributed by atoms with Crippen molar-refractivity contribution in [1.29, 1.82) is 0 Å². The SMILES string of the molecule is CC(Oc1ccc(Cl)c(Cl)c1)C(=O)N1CCC(N)CC1.Cl. The lowest BCUT2D eigenvalue weighted by molar-refractivity contribution is -0.139. The number of benzene rings is 1. The molecule has 7 heteroatoms. The average Bonchev–Trinajstić information content (AvgIpc) is 2.43. The fourth-order valence-electron chi connectivity index (χ4n) is 2.18. The Balaban J connectivity index is 0.00000220. The Kier molecular flexibility index (Phi) is 7.07. The highest BCUT2D eigenvalue weighted by atomic mass is 35.5. The first-order valence-corrected chi connectivity index (χ1v) is 7.39. The Bertz CT molecular complexity index is 491. The number of ether oxygens (including phenoxy) is 1. The lowest BCUT2D eigenvalue weighted by Crippen LogP contribution is -2.47. The highest BCUT2D eigenvalue weighted by molar-refractivity contribution is 6.42. The number of piperidine rings is 1. The maximum absolute atomic E-state index is 12.3. The number of halogens is 3. The minimum atomic E-state index is -0.554. The fourth-order valence-corrected chi connectivity index (χ4v) is 2.47. The lowest BCUT2D eigenvalue weighted by atomic mass is 10.1. The number of rotatable bonds is 3. The number of carbonyl (C=O) groups excluding carboxylic acids is 1. The number of hydrogen-bond donors (Lipinski definition) is 1. The van der Waals surface area contributed by atoms with Crippen LogP contribution in [-0.2, 0) is 4.79 Å². The Morgan fingerprint density at radius 2 is 1.95 bits per heavy atom. The molecule has 1 aromatic carbocycles. The van der Waals surface area contributed by atoms with Crippen LogP contribution in [0.4, 0.5) is 0 Å². The normalized spacial score (nSPS) is 17.0. The van der Waals surface area contributed by atoms with Gasteiger partial charge in [-0.25, -0.2) is 0 Å². The smallest absolute Gasteiger partial charge is 0.263 e. The molecule has 1 amide bonds. The monoisotopic (exact) mass is 352 g/mol. The van der Waals surface area contributed by atoms with Gasteiger partial charge in [-0.15, -0.1) is 12.4 Å². The van der Waals surface area contributed by atoms with Crippen LogP contribution in [0.25, 0.3) is 0 Å². The molecule has 0 aromatic heterocycles. The molecule has 1 aliphatic heterocycles.